The van der Waals surface area contributed by atoms with Crippen molar-refractivity contribution in [3.05, 3.63) is 54.2 Å². The van der Waals surface area contributed by atoms with Crippen LogP contribution in [0.25, 0.3) is 16.6 Å². The summed E-state index contributed by atoms with van der Waals surface area (Å²) in [5.41, 5.74) is 2.01. The molecule has 2 aromatic carbocycles. The van der Waals surface area contributed by atoms with Crippen molar-refractivity contribution in [2.75, 3.05) is 14.2 Å². The van der Waals surface area contributed by atoms with Gasteiger partial charge in [0.05, 0.1) is 25.4 Å². The SMILES string of the molecule is COC(=O)c1nn(-c2ccc(OC)cc2)c2ccccc12. The van der Waals surface area contributed by atoms with Crippen molar-refractivity contribution < 1.29 is 14.3 Å². The van der Waals surface area contributed by atoms with Gasteiger partial charge in [0.2, 0.25) is 0 Å². The Bertz CT molecular complexity index is 791. The van der Waals surface area contributed by atoms with E-state index in [1.165, 1.54) is 7.11 Å². The molecule has 1 aromatic heterocycles. The third-order valence-corrected chi connectivity index (χ3v) is 3.28. The van der Waals surface area contributed by atoms with Crippen LogP contribution in [0.3, 0.4) is 0 Å². The molecular weight excluding hydrogens is 268 g/mol. The molecule has 0 radical (unpaired) electrons. The van der Waals surface area contributed by atoms with Crippen molar-refractivity contribution in [1.29, 1.82) is 0 Å². The van der Waals surface area contributed by atoms with Gasteiger partial charge in [-0.05, 0) is 30.3 Å². The molecule has 0 aliphatic carbocycles. The van der Waals surface area contributed by atoms with E-state index in [-0.39, 0.29) is 0 Å². The summed E-state index contributed by atoms with van der Waals surface area (Å²) in [6, 6.07) is 15.0. The summed E-state index contributed by atoms with van der Waals surface area (Å²) < 4.78 is 11.7. The summed E-state index contributed by atoms with van der Waals surface area (Å²) in [4.78, 5) is 11.9. The molecule has 5 heteroatoms. The molecule has 0 saturated carbocycles. The van der Waals surface area contributed by atoms with Gasteiger partial charge >= 0.3 is 5.97 Å². The molecule has 3 aromatic rings. The van der Waals surface area contributed by atoms with Crippen LogP contribution in [0.5, 0.6) is 5.75 Å². The molecule has 0 aliphatic heterocycles. The fourth-order valence-corrected chi connectivity index (χ4v) is 2.23. The van der Waals surface area contributed by atoms with Gasteiger partial charge in [0.25, 0.3) is 0 Å². The predicted molar refractivity (Wildman–Crippen MR) is 79.0 cm³/mol. The third kappa shape index (κ3) is 2.23. The normalized spacial score (nSPS) is 10.6. The van der Waals surface area contributed by atoms with E-state index in [1.54, 1.807) is 11.8 Å². The first-order chi connectivity index (χ1) is 10.2. The van der Waals surface area contributed by atoms with E-state index in [4.69, 9.17) is 9.47 Å². The van der Waals surface area contributed by atoms with E-state index >= 15 is 0 Å². The Balaban J connectivity index is 2.20. The predicted octanol–water partition coefficient (Wildman–Crippen LogP) is 2.82. The van der Waals surface area contributed by atoms with Crippen LogP contribution in [0.1, 0.15) is 10.5 Å². The number of hydrogen-bond acceptors (Lipinski definition) is 4. The number of fused-ring (bicyclic) bond motifs is 1. The molecule has 0 fully saturated rings. The van der Waals surface area contributed by atoms with E-state index in [2.05, 4.69) is 5.10 Å². The number of carbonyl (C=O) groups excluding carboxylic acids is 1. The van der Waals surface area contributed by atoms with E-state index in [1.807, 2.05) is 48.5 Å². The number of hydrogen-bond donors (Lipinski definition) is 0. The van der Waals surface area contributed by atoms with Gasteiger partial charge in [-0.3, -0.25) is 0 Å². The smallest absolute Gasteiger partial charge is 0.359 e. The Morgan fingerprint density at radius 2 is 1.76 bits per heavy atom. The maximum Gasteiger partial charge on any atom is 0.359 e. The minimum Gasteiger partial charge on any atom is -0.497 e. The van der Waals surface area contributed by atoms with E-state index in [9.17, 15) is 4.79 Å². The number of rotatable bonds is 3. The zero-order valence-corrected chi connectivity index (χ0v) is 11.7. The highest BCUT2D eigenvalue weighted by atomic mass is 16.5. The fraction of sp³-hybridized carbons (Fsp3) is 0.125. The topological polar surface area (TPSA) is 53.3 Å². The van der Waals surface area contributed by atoms with E-state index in [0.29, 0.717) is 5.69 Å². The summed E-state index contributed by atoms with van der Waals surface area (Å²) >= 11 is 0. The van der Waals surface area contributed by atoms with Gasteiger partial charge in [-0.25, -0.2) is 9.48 Å². The van der Waals surface area contributed by atoms with Crippen LogP contribution in [0.2, 0.25) is 0 Å². The minimum absolute atomic E-state index is 0.309. The molecule has 1 heterocycles. The highest BCUT2D eigenvalue weighted by molar-refractivity contribution is 6.02. The Hall–Kier alpha value is -2.82. The zero-order valence-electron chi connectivity index (χ0n) is 11.7. The van der Waals surface area contributed by atoms with Crippen molar-refractivity contribution in [3.63, 3.8) is 0 Å². The summed E-state index contributed by atoms with van der Waals surface area (Å²) in [7, 11) is 2.97. The highest BCUT2D eigenvalue weighted by Crippen LogP contribution is 2.23. The second-order valence-electron chi connectivity index (χ2n) is 4.47. The molecule has 3 rings (SSSR count). The molecule has 0 spiro atoms. The molecule has 106 valence electrons. The van der Waals surface area contributed by atoms with Gasteiger partial charge in [0, 0.05) is 5.39 Å². The number of aromatic nitrogens is 2. The molecular formula is C16H14N2O3. The van der Waals surface area contributed by atoms with Crippen molar-refractivity contribution in [1.82, 2.24) is 9.78 Å². The lowest BCUT2D eigenvalue weighted by molar-refractivity contribution is 0.0595. The standard InChI is InChI=1S/C16H14N2O3/c1-20-12-9-7-11(8-10-12)18-14-6-4-3-5-13(14)15(17-18)16(19)21-2/h3-10H,1-2H3. The first kappa shape index (κ1) is 13.2. The number of para-hydroxylation sites is 1. The first-order valence-electron chi connectivity index (χ1n) is 6.45. The van der Waals surface area contributed by atoms with Gasteiger partial charge in [-0.15, -0.1) is 0 Å². The molecule has 0 saturated heterocycles. The van der Waals surface area contributed by atoms with Crippen molar-refractivity contribution in [2.24, 2.45) is 0 Å². The largest absolute Gasteiger partial charge is 0.497 e. The van der Waals surface area contributed by atoms with E-state index in [0.717, 1.165) is 22.3 Å². The average Bonchev–Trinajstić information content (AvgIpc) is 2.94. The maximum atomic E-state index is 11.9. The van der Waals surface area contributed by atoms with Crippen LogP contribution in [-0.2, 0) is 4.74 Å². The quantitative estimate of drug-likeness (QED) is 0.693. The van der Waals surface area contributed by atoms with Crippen molar-refractivity contribution in [3.8, 4) is 11.4 Å². The second kappa shape index (κ2) is 5.28. The second-order valence-corrected chi connectivity index (χ2v) is 4.47. The number of nitrogens with zero attached hydrogens (tertiary/aromatic N) is 2. The lowest BCUT2D eigenvalue weighted by Crippen LogP contribution is -2.04. The maximum absolute atomic E-state index is 11.9. The van der Waals surface area contributed by atoms with Gasteiger partial charge in [-0.1, -0.05) is 18.2 Å². The van der Waals surface area contributed by atoms with Crippen LogP contribution in [0.4, 0.5) is 0 Å². The molecule has 0 amide bonds. The molecule has 0 unspecified atom stereocenters. The monoisotopic (exact) mass is 282 g/mol. The molecule has 5 nitrogen and oxygen atoms in total. The lowest BCUT2D eigenvalue weighted by Gasteiger charge is -2.04. The van der Waals surface area contributed by atoms with Gasteiger partial charge in [0.15, 0.2) is 5.69 Å². The van der Waals surface area contributed by atoms with Gasteiger partial charge in [-0.2, -0.15) is 5.10 Å². The van der Waals surface area contributed by atoms with E-state index < -0.39 is 5.97 Å². The third-order valence-electron chi connectivity index (χ3n) is 3.28. The Morgan fingerprint density at radius 3 is 2.43 bits per heavy atom. The molecule has 0 N–H and O–H groups in total. The highest BCUT2D eigenvalue weighted by Gasteiger charge is 2.17. The molecule has 0 bridgehead atoms. The average molecular weight is 282 g/mol. The number of carbonyl (C=O) groups is 1. The van der Waals surface area contributed by atoms with Gasteiger partial charge in [0.1, 0.15) is 5.75 Å². The lowest BCUT2D eigenvalue weighted by atomic mass is 10.2. The number of ether oxygens (including phenoxy) is 2. The van der Waals surface area contributed by atoms with Crippen LogP contribution in [0, 0.1) is 0 Å². The fourth-order valence-electron chi connectivity index (χ4n) is 2.23. The van der Waals surface area contributed by atoms with Crippen LogP contribution in [0.15, 0.2) is 48.5 Å². The van der Waals surface area contributed by atoms with Crippen molar-refractivity contribution >= 4 is 16.9 Å². The molecule has 21 heavy (non-hydrogen) atoms. The molecule has 0 aliphatic rings. The summed E-state index contributed by atoms with van der Waals surface area (Å²) in [6.45, 7) is 0. The van der Waals surface area contributed by atoms with Crippen LogP contribution < -0.4 is 4.74 Å². The number of esters is 1. The Kier molecular flexibility index (Phi) is 3.31. The van der Waals surface area contributed by atoms with Crippen molar-refractivity contribution in [2.45, 2.75) is 0 Å². The number of benzene rings is 2. The van der Waals surface area contributed by atoms with Crippen LogP contribution in [-0.4, -0.2) is 30.0 Å². The first-order valence-corrected chi connectivity index (χ1v) is 6.45. The van der Waals surface area contributed by atoms with Gasteiger partial charge < -0.3 is 9.47 Å². The zero-order chi connectivity index (χ0) is 14.8. The summed E-state index contributed by atoms with van der Waals surface area (Å²) in [5, 5.41) is 5.15. The summed E-state index contributed by atoms with van der Waals surface area (Å²) in [6.07, 6.45) is 0. The van der Waals surface area contributed by atoms with Crippen LogP contribution >= 0.6 is 0 Å². The minimum atomic E-state index is -0.446. The number of methoxy groups -OCH3 is 2. The Morgan fingerprint density at radius 1 is 1.05 bits per heavy atom. The summed E-state index contributed by atoms with van der Waals surface area (Å²) in [5.74, 6) is 0.321. The Labute approximate surface area is 121 Å². The molecule has 0 atom stereocenters.